The number of carbonyl (C=O) groups is 1. The Morgan fingerprint density at radius 1 is 1.19 bits per heavy atom. The van der Waals surface area contributed by atoms with Gasteiger partial charge in [-0.1, -0.05) is 29.8 Å². The SMILES string of the molecule is Cc1ccc(CNC(=O)C(C)Nc2ccc(C(F)(F)F)cc2[N+](=O)[O-])cc1. The van der Waals surface area contributed by atoms with Gasteiger partial charge in [-0.3, -0.25) is 14.9 Å². The second-order valence-electron chi connectivity index (χ2n) is 6.06. The molecular formula is C18H18F3N3O3. The molecule has 1 unspecified atom stereocenters. The molecule has 0 saturated heterocycles. The summed E-state index contributed by atoms with van der Waals surface area (Å²) in [5, 5.41) is 16.4. The number of benzene rings is 2. The Kier molecular flexibility index (Phi) is 6.04. The number of hydrogen-bond acceptors (Lipinski definition) is 4. The standard InChI is InChI=1S/C18H18F3N3O3/c1-11-3-5-13(6-4-11)10-22-17(25)12(2)23-15-8-7-14(18(19,20)21)9-16(15)24(26)27/h3-9,12,23H,10H2,1-2H3,(H,22,25). The molecule has 27 heavy (non-hydrogen) atoms. The number of nitrogens with zero attached hydrogens (tertiary/aromatic N) is 1. The van der Waals surface area contributed by atoms with Gasteiger partial charge in [-0.05, 0) is 31.5 Å². The number of rotatable bonds is 6. The number of amides is 1. The smallest absolute Gasteiger partial charge is 0.368 e. The number of hydrogen-bond donors (Lipinski definition) is 2. The number of anilines is 1. The normalized spacial score (nSPS) is 12.3. The lowest BCUT2D eigenvalue weighted by Crippen LogP contribution is -2.37. The fourth-order valence-electron chi connectivity index (χ4n) is 2.33. The summed E-state index contributed by atoms with van der Waals surface area (Å²) >= 11 is 0. The van der Waals surface area contributed by atoms with Crippen molar-refractivity contribution in [3.63, 3.8) is 0 Å². The third-order valence-corrected chi connectivity index (χ3v) is 3.87. The zero-order chi connectivity index (χ0) is 20.2. The molecule has 0 radical (unpaired) electrons. The van der Waals surface area contributed by atoms with Gasteiger partial charge in [0.1, 0.15) is 11.7 Å². The molecule has 0 aliphatic rings. The van der Waals surface area contributed by atoms with Crippen LogP contribution < -0.4 is 10.6 Å². The van der Waals surface area contributed by atoms with Gasteiger partial charge in [-0.2, -0.15) is 13.2 Å². The van der Waals surface area contributed by atoms with Crippen LogP contribution in [0.4, 0.5) is 24.5 Å². The van der Waals surface area contributed by atoms with Gasteiger partial charge >= 0.3 is 6.18 Å². The zero-order valence-corrected chi connectivity index (χ0v) is 14.6. The highest BCUT2D eigenvalue weighted by atomic mass is 19.4. The Hall–Kier alpha value is -3.10. The third kappa shape index (κ3) is 5.44. The van der Waals surface area contributed by atoms with Crippen molar-refractivity contribution in [1.82, 2.24) is 5.32 Å². The first-order valence-corrected chi connectivity index (χ1v) is 8.03. The number of carbonyl (C=O) groups excluding carboxylic acids is 1. The minimum Gasteiger partial charge on any atom is -0.368 e. The van der Waals surface area contributed by atoms with E-state index in [4.69, 9.17) is 0 Å². The summed E-state index contributed by atoms with van der Waals surface area (Å²) < 4.78 is 38.2. The predicted octanol–water partition coefficient (Wildman–Crippen LogP) is 4.04. The fraction of sp³-hybridized carbons (Fsp3) is 0.278. The molecule has 0 bridgehead atoms. The largest absolute Gasteiger partial charge is 0.416 e. The van der Waals surface area contributed by atoms with Crippen LogP contribution in [0.15, 0.2) is 42.5 Å². The van der Waals surface area contributed by atoms with Crippen molar-refractivity contribution in [2.45, 2.75) is 32.6 Å². The van der Waals surface area contributed by atoms with Crippen LogP contribution in [0.3, 0.4) is 0 Å². The van der Waals surface area contributed by atoms with Crippen LogP contribution in [0.1, 0.15) is 23.6 Å². The molecule has 9 heteroatoms. The van der Waals surface area contributed by atoms with E-state index in [0.29, 0.717) is 6.07 Å². The molecule has 0 aliphatic heterocycles. The van der Waals surface area contributed by atoms with Gasteiger partial charge in [0.15, 0.2) is 0 Å². The van der Waals surface area contributed by atoms with Gasteiger partial charge in [-0.25, -0.2) is 0 Å². The molecule has 2 rings (SSSR count). The second-order valence-corrected chi connectivity index (χ2v) is 6.06. The molecule has 0 heterocycles. The average molecular weight is 381 g/mol. The van der Waals surface area contributed by atoms with Crippen LogP contribution in [0.5, 0.6) is 0 Å². The first-order valence-electron chi connectivity index (χ1n) is 8.03. The van der Waals surface area contributed by atoms with E-state index in [1.807, 2.05) is 31.2 Å². The van der Waals surface area contributed by atoms with Crippen LogP contribution >= 0.6 is 0 Å². The van der Waals surface area contributed by atoms with Crippen molar-refractivity contribution >= 4 is 17.3 Å². The monoisotopic (exact) mass is 381 g/mol. The predicted molar refractivity (Wildman–Crippen MR) is 94.2 cm³/mol. The Morgan fingerprint density at radius 2 is 1.81 bits per heavy atom. The highest BCUT2D eigenvalue weighted by Crippen LogP contribution is 2.35. The van der Waals surface area contributed by atoms with Crippen molar-refractivity contribution in [2.24, 2.45) is 0 Å². The lowest BCUT2D eigenvalue weighted by molar-refractivity contribution is -0.384. The Morgan fingerprint density at radius 3 is 2.37 bits per heavy atom. The van der Waals surface area contributed by atoms with Crippen molar-refractivity contribution in [2.75, 3.05) is 5.32 Å². The lowest BCUT2D eigenvalue weighted by Gasteiger charge is -2.16. The van der Waals surface area contributed by atoms with E-state index in [-0.39, 0.29) is 12.2 Å². The van der Waals surface area contributed by atoms with Crippen LogP contribution in [-0.4, -0.2) is 16.9 Å². The molecular weight excluding hydrogens is 363 g/mol. The van der Waals surface area contributed by atoms with Crippen LogP contribution in [0, 0.1) is 17.0 Å². The number of nitro groups is 1. The van der Waals surface area contributed by atoms with Gasteiger partial charge < -0.3 is 10.6 Å². The van der Waals surface area contributed by atoms with Gasteiger partial charge in [0, 0.05) is 12.6 Å². The summed E-state index contributed by atoms with van der Waals surface area (Å²) in [5.41, 5.74) is -0.0818. The minimum absolute atomic E-state index is 0.161. The molecule has 0 aromatic heterocycles. The number of nitro benzene ring substituents is 1. The van der Waals surface area contributed by atoms with E-state index in [0.717, 1.165) is 23.3 Å². The number of nitrogens with one attached hydrogen (secondary N) is 2. The molecule has 6 nitrogen and oxygen atoms in total. The van der Waals surface area contributed by atoms with E-state index >= 15 is 0 Å². The molecule has 1 atom stereocenters. The lowest BCUT2D eigenvalue weighted by atomic mass is 10.1. The zero-order valence-electron chi connectivity index (χ0n) is 14.6. The molecule has 2 aromatic carbocycles. The van der Waals surface area contributed by atoms with Crippen LogP contribution in [0.2, 0.25) is 0 Å². The number of aryl methyl sites for hydroxylation is 1. The Balaban J connectivity index is 2.07. The molecule has 0 spiro atoms. The highest BCUT2D eigenvalue weighted by molar-refractivity contribution is 5.85. The molecule has 0 aliphatic carbocycles. The Bertz CT molecular complexity index is 836. The van der Waals surface area contributed by atoms with E-state index in [2.05, 4.69) is 10.6 Å². The summed E-state index contributed by atoms with van der Waals surface area (Å²) in [4.78, 5) is 22.3. The summed E-state index contributed by atoms with van der Waals surface area (Å²) in [6, 6.07) is 8.74. The fourth-order valence-corrected chi connectivity index (χ4v) is 2.33. The van der Waals surface area contributed by atoms with E-state index in [9.17, 15) is 28.1 Å². The minimum atomic E-state index is -4.69. The average Bonchev–Trinajstić information content (AvgIpc) is 2.60. The number of alkyl halides is 3. The number of halogens is 3. The topological polar surface area (TPSA) is 84.3 Å². The molecule has 2 N–H and O–H groups in total. The molecule has 144 valence electrons. The van der Waals surface area contributed by atoms with Gasteiger partial charge in [0.25, 0.3) is 5.69 Å². The quantitative estimate of drug-likeness (QED) is 0.584. The van der Waals surface area contributed by atoms with Gasteiger partial charge in [0.2, 0.25) is 5.91 Å². The first kappa shape index (κ1) is 20.2. The van der Waals surface area contributed by atoms with Crippen LogP contribution in [-0.2, 0) is 17.5 Å². The molecule has 2 aromatic rings. The van der Waals surface area contributed by atoms with E-state index in [1.165, 1.54) is 6.92 Å². The maximum Gasteiger partial charge on any atom is 0.416 e. The molecule has 1 amide bonds. The van der Waals surface area contributed by atoms with Crippen LogP contribution in [0.25, 0.3) is 0 Å². The summed E-state index contributed by atoms with van der Waals surface area (Å²) in [6.07, 6.45) is -4.69. The third-order valence-electron chi connectivity index (χ3n) is 3.87. The van der Waals surface area contributed by atoms with Gasteiger partial charge in [-0.15, -0.1) is 0 Å². The van der Waals surface area contributed by atoms with Crippen molar-refractivity contribution in [1.29, 1.82) is 0 Å². The first-order chi connectivity index (χ1) is 12.6. The van der Waals surface area contributed by atoms with Crippen molar-refractivity contribution < 1.29 is 22.9 Å². The van der Waals surface area contributed by atoms with Crippen molar-refractivity contribution in [3.8, 4) is 0 Å². The highest BCUT2D eigenvalue weighted by Gasteiger charge is 2.33. The maximum atomic E-state index is 12.7. The Labute approximate surface area is 153 Å². The maximum absolute atomic E-state index is 12.7. The molecule has 0 saturated carbocycles. The van der Waals surface area contributed by atoms with E-state index in [1.54, 1.807) is 0 Å². The summed E-state index contributed by atoms with van der Waals surface area (Å²) in [6.45, 7) is 3.66. The van der Waals surface area contributed by atoms with Crippen molar-refractivity contribution in [3.05, 3.63) is 69.3 Å². The van der Waals surface area contributed by atoms with E-state index < -0.39 is 34.3 Å². The summed E-state index contributed by atoms with van der Waals surface area (Å²) in [7, 11) is 0. The second kappa shape index (κ2) is 8.07. The van der Waals surface area contributed by atoms with Gasteiger partial charge in [0.05, 0.1) is 10.5 Å². The summed E-state index contributed by atoms with van der Waals surface area (Å²) in [5.74, 6) is -0.440. The molecule has 0 fully saturated rings.